The lowest BCUT2D eigenvalue weighted by Crippen LogP contribution is -2.41. The molecule has 0 bridgehead atoms. The second-order valence-corrected chi connectivity index (χ2v) is 4.98. The Morgan fingerprint density at radius 1 is 1.33 bits per heavy atom. The van der Waals surface area contributed by atoms with Crippen molar-refractivity contribution in [1.29, 1.82) is 0 Å². The Labute approximate surface area is 94.0 Å². The van der Waals surface area contributed by atoms with Crippen LogP contribution in [0.5, 0.6) is 0 Å². The maximum absolute atomic E-state index is 11.5. The van der Waals surface area contributed by atoms with Crippen LogP contribution >= 0.6 is 0 Å². The molecule has 15 heavy (non-hydrogen) atoms. The van der Waals surface area contributed by atoms with Gasteiger partial charge in [0.2, 0.25) is 5.91 Å². The van der Waals surface area contributed by atoms with Crippen LogP contribution in [-0.4, -0.2) is 25.0 Å². The molecule has 2 N–H and O–H groups in total. The van der Waals surface area contributed by atoms with Crippen molar-refractivity contribution in [3.63, 3.8) is 0 Å². The zero-order valence-electron chi connectivity index (χ0n) is 10.8. The van der Waals surface area contributed by atoms with Crippen molar-refractivity contribution >= 4 is 5.91 Å². The highest BCUT2D eigenvalue weighted by Crippen LogP contribution is 2.17. The van der Waals surface area contributed by atoms with E-state index in [9.17, 15) is 4.79 Å². The minimum Gasteiger partial charge on any atom is -0.354 e. The fourth-order valence-electron chi connectivity index (χ4n) is 0.937. The van der Waals surface area contributed by atoms with Gasteiger partial charge in [-0.1, -0.05) is 27.7 Å². The summed E-state index contributed by atoms with van der Waals surface area (Å²) in [6.07, 6.45) is 2.12. The van der Waals surface area contributed by atoms with Crippen molar-refractivity contribution < 1.29 is 4.79 Å². The minimum atomic E-state index is 0.0943. The molecule has 3 heteroatoms. The third-order valence-corrected chi connectivity index (χ3v) is 2.94. The van der Waals surface area contributed by atoms with Crippen LogP contribution in [0.2, 0.25) is 0 Å². The lowest BCUT2D eigenvalue weighted by atomic mass is 9.90. The lowest BCUT2D eigenvalue weighted by molar-refractivity contribution is -0.120. The second kappa shape index (κ2) is 6.83. The fraction of sp³-hybridized carbons (Fsp3) is 0.917. The monoisotopic (exact) mass is 214 g/mol. The summed E-state index contributed by atoms with van der Waals surface area (Å²) in [5.74, 6) is 0.0943. The van der Waals surface area contributed by atoms with Crippen LogP contribution in [-0.2, 0) is 4.79 Å². The molecule has 90 valence electrons. The predicted molar refractivity (Wildman–Crippen MR) is 64.8 cm³/mol. The Balaban J connectivity index is 3.67. The molecule has 0 spiro atoms. The van der Waals surface area contributed by atoms with Crippen LogP contribution in [0.25, 0.3) is 0 Å². The first-order valence-electron chi connectivity index (χ1n) is 5.91. The van der Waals surface area contributed by atoms with E-state index < -0.39 is 0 Å². The molecule has 0 radical (unpaired) electrons. The standard InChI is InChI=1S/C12H26N2O/c1-6-10(3)13-8-11(15)14-9-12(4,5)7-2/h10,13H,6-9H2,1-5H3,(H,14,15). The van der Waals surface area contributed by atoms with Gasteiger partial charge in [0.1, 0.15) is 0 Å². The molecule has 0 aliphatic heterocycles. The number of carbonyl (C=O) groups is 1. The van der Waals surface area contributed by atoms with Gasteiger partial charge in [-0.25, -0.2) is 0 Å². The number of hydrogen-bond donors (Lipinski definition) is 2. The van der Waals surface area contributed by atoms with Gasteiger partial charge in [-0.2, -0.15) is 0 Å². The summed E-state index contributed by atoms with van der Waals surface area (Å²) in [6, 6.07) is 0.412. The highest BCUT2D eigenvalue weighted by molar-refractivity contribution is 5.78. The fourth-order valence-corrected chi connectivity index (χ4v) is 0.937. The quantitative estimate of drug-likeness (QED) is 0.680. The third-order valence-electron chi connectivity index (χ3n) is 2.94. The van der Waals surface area contributed by atoms with Gasteiger partial charge in [-0.3, -0.25) is 4.79 Å². The van der Waals surface area contributed by atoms with Crippen molar-refractivity contribution in [3.05, 3.63) is 0 Å². The Bertz CT molecular complexity index is 190. The van der Waals surface area contributed by atoms with Gasteiger partial charge >= 0.3 is 0 Å². The summed E-state index contributed by atoms with van der Waals surface area (Å²) >= 11 is 0. The summed E-state index contributed by atoms with van der Waals surface area (Å²) in [5.41, 5.74) is 0.200. The highest BCUT2D eigenvalue weighted by Gasteiger charge is 2.15. The number of carbonyl (C=O) groups excluding carboxylic acids is 1. The molecule has 0 fully saturated rings. The van der Waals surface area contributed by atoms with Crippen molar-refractivity contribution in [3.8, 4) is 0 Å². The van der Waals surface area contributed by atoms with Crippen LogP contribution in [0.4, 0.5) is 0 Å². The van der Waals surface area contributed by atoms with Crippen LogP contribution in [0.1, 0.15) is 47.5 Å². The van der Waals surface area contributed by atoms with Gasteiger partial charge in [-0.15, -0.1) is 0 Å². The Morgan fingerprint density at radius 3 is 2.40 bits per heavy atom. The molecule has 0 aliphatic carbocycles. The van der Waals surface area contributed by atoms with Crippen LogP contribution in [0.3, 0.4) is 0 Å². The average molecular weight is 214 g/mol. The smallest absolute Gasteiger partial charge is 0.233 e. The summed E-state index contributed by atoms with van der Waals surface area (Å²) in [6.45, 7) is 11.8. The predicted octanol–water partition coefficient (Wildman–Crippen LogP) is 1.93. The maximum Gasteiger partial charge on any atom is 0.233 e. The SMILES string of the molecule is CCC(C)NCC(=O)NCC(C)(C)CC. The van der Waals surface area contributed by atoms with Crippen molar-refractivity contribution in [2.45, 2.75) is 53.5 Å². The molecule has 1 atom stereocenters. The van der Waals surface area contributed by atoms with Gasteiger partial charge < -0.3 is 10.6 Å². The first-order chi connectivity index (χ1) is 6.91. The molecule has 1 unspecified atom stereocenters. The van der Waals surface area contributed by atoms with Gasteiger partial charge in [0.15, 0.2) is 0 Å². The third kappa shape index (κ3) is 7.37. The second-order valence-electron chi connectivity index (χ2n) is 4.98. The van der Waals surface area contributed by atoms with Crippen molar-refractivity contribution in [2.75, 3.05) is 13.1 Å². The number of rotatable bonds is 7. The lowest BCUT2D eigenvalue weighted by Gasteiger charge is -2.23. The molecule has 0 aromatic heterocycles. The maximum atomic E-state index is 11.5. The van der Waals surface area contributed by atoms with Crippen molar-refractivity contribution in [1.82, 2.24) is 10.6 Å². The highest BCUT2D eigenvalue weighted by atomic mass is 16.1. The summed E-state index contributed by atoms with van der Waals surface area (Å²) < 4.78 is 0. The first kappa shape index (κ1) is 14.4. The number of hydrogen-bond acceptors (Lipinski definition) is 2. The van der Waals surface area contributed by atoms with Gasteiger partial charge in [0, 0.05) is 12.6 Å². The topological polar surface area (TPSA) is 41.1 Å². The van der Waals surface area contributed by atoms with E-state index >= 15 is 0 Å². The van der Waals surface area contributed by atoms with E-state index in [0.29, 0.717) is 12.6 Å². The molecule has 3 nitrogen and oxygen atoms in total. The molecule has 1 amide bonds. The molecule has 0 heterocycles. The zero-order valence-corrected chi connectivity index (χ0v) is 10.8. The molecule has 0 aromatic rings. The van der Waals surface area contributed by atoms with E-state index in [1.807, 2.05) is 0 Å². The number of nitrogens with one attached hydrogen (secondary N) is 2. The van der Waals surface area contributed by atoms with E-state index in [-0.39, 0.29) is 11.3 Å². The van der Waals surface area contributed by atoms with E-state index in [1.54, 1.807) is 0 Å². The molecular formula is C12H26N2O. The summed E-state index contributed by atoms with van der Waals surface area (Å²) in [4.78, 5) is 11.5. The van der Waals surface area contributed by atoms with E-state index in [2.05, 4.69) is 45.3 Å². The summed E-state index contributed by atoms with van der Waals surface area (Å²) in [5, 5.41) is 6.13. The minimum absolute atomic E-state index is 0.0943. The normalized spacial score (nSPS) is 13.7. The molecule has 0 aliphatic rings. The molecule has 0 saturated heterocycles. The zero-order chi connectivity index (χ0) is 11.9. The van der Waals surface area contributed by atoms with Gasteiger partial charge in [0.05, 0.1) is 6.54 Å². The van der Waals surface area contributed by atoms with E-state index in [4.69, 9.17) is 0 Å². The van der Waals surface area contributed by atoms with Gasteiger partial charge in [-0.05, 0) is 25.2 Å². The van der Waals surface area contributed by atoms with Gasteiger partial charge in [0.25, 0.3) is 0 Å². The average Bonchev–Trinajstić information content (AvgIpc) is 2.23. The number of amides is 1. The molecule has 0 aromatic carbocycles. The molecule has 0 rings (SSSR count). The Kier molecular flexibility index (Phi) is 6.57. The molecule has 0 saturated carbocycles. The van der Waals surface area contributed by atoms with Crippen LogP contribution in [0.15, 0.2) is 0 Å². The Morgan fingerprint density at radius 2 is 1.93 bits per heavy atom. The molecular weight excluding hydrogens is 188 g/mol. The summed E-state index contributed by atoms with van der Waals surface area (Å²) in [7, 11) is 0. The largest absolute Gasteiger partial charge is 0.354 e. The first-order valence-corrected chi connectivity index (χ1v) is 5.91. The van der Waals surface area contributed by atoms with Crippen LogP contribution < -0.4 is 10.6 Å². The van der Waals surface area contributed by atoms with Crippen LogP contribution in [0, 0.1) is 5.41 Å². The van der Waals surface area contributed by atoms with E-state index in [1.165, 1.54) is 0 Å². The van der Waals surface area contributed by atoms with Crippen molar-refractivity contribution in [2.24, 2.45) is 5.41 Å². The van der Waals surface area contributed by atoms with E-state index in [0.717, 1.165) is 19.4 Å². The Hall–Kier alpha value is -0.570.